The van der Waals surface area contributed by atoms with Crippen molar-refractivity contribution in [3.8, 4) is 11.3 Å². The summed E-state index contributed by atoms with van der Waals surface area (Å²) in [4.78, 5) is 2.76. The minimum atomic E-state index is -0.605. The summed E-state index contributed by atoms with van der Waals surface area (Å²) in [6.45, 7) is 0. The number of hydrogen-bond acceptors (Lipinski definition) is 1. The van der Waals surface area contributed by atoms with Crippen molar-refractivity contribution >= 4 is 12.2 Å². The van der Waals surface area contributed by atoms with Crippen LogP contribution in [0.5, 0.6) is 0 Å². The normalized spacial score (nSPS) is 10.3. The van der Waals surface area contributed by atoms with E-state index in [1.165, 1.54) is 24.3 Å². The highest BCUT2D eigenvalue weighted by Gasteiger charge is 2.10. The summed E-state index contributed by atoms with van der Waals surface area (Å²) in [5.74, 6) is -1.21. The van der Waals surface area contributed by atoms with Gasteiger partial charge in [-0.05, 0) is 24.3 Å². The third-order valence-corrected chi connectivity index (χ3v) is 2.26. The smallest absolute Gasteiger partial charge is 0.135 e. The molecule has 0 spiro atoms. The molecule has 0 aliphatic heterocycles. The van der Waals surface area contributed by atoms with Crippen LogP contribution in [-0.4, -0.2) is 4.98 Å². The third kappa shape index (κ3) is 1.94. The number of rotatable bonds is 1. The molecule has 0 unspecified atom stereocenters. The summed E-state index contributed by atoms with van der Waals surface area (Å²) < 4.78 is 27.3. The molecule has 76 valence electrons. The predicted octanol–water partition coefficient (Wildman–Crippen LogP) is 3.69. The first-order valence-electron chi connectivity index (χ1n) is 4.31. The van der Waals surface area contributed by atoms with Crippen LogP contribution < -0.4 is 0 Å². The van der Waals surface area contributed by atoms with E-state index in [9.17, 15) is 8.78 Å². The summed E-state index contributed by atoms with van der Waals surface area (Å²) in [5.41, 5.74) is 0.266. The number of H-pyrrole nitrogens is 1. The standard InChI is InChI=1S/C11H7F2NS/c12-8-2-1-3-9(13)11(8)10-6-7(15)4-5-14-10/h1-6H,(H,14,15). The third-order valence-electron chi connectivity index (χ3n) is 2.01. The van der Waals surface area contributed by atoms with Gasteiger partial charge in [-0.25, -0.2) is 8.78 Å². The molecule has 15 heavy (non-hydrogen) atoms. The molecule has 0 amide bonds. The maximum absolute atomic E-state index is 13.4. The lowest BCUT2D eigenvalue weighted by Gasteiger charge is -2.04. The zero-order valence-corrected chi connectivity index (χ0v) is 8.44. The molecule has 2 aromatic rings. The molecule has 0 saturated heterocycles. The molecule has 0 aliphatic carbocycles. The fraction of sp³-hybridized carbons (Fsp3) is 0. The Morgan fingerprint density at radius 3 is 2.33 bits per heavy atom. The van der Waals surface area contributed by atoms with Crippen LogP contribution >= 0.6 is 12.2 Å². The van der Waals surface area contributed by atoms with Crippen LogP contribution in [-0.2, 0) is 0 Å². The molecule has 0 bridgehead atoms. The second-order valence-electron chi connectivity index (χ2n) is 3.03. The average Bonchev–Trinajstić information content (AvgIpc) is 2.17. The maximum Gasteiger partial charge on any atom is 0.135 e. The largest absolute Gasteiger partial charge is 0.361 e. The molecule has 0 fully saturated rings. The van der Waals surface area contributed by atoms with Crippen LogP contribution in [0.2, 0.25) is 0 Å². The van der Waals surface area contributed by atoms with Crippen molar-refractivity contribution in [2.45, 2.75) is 0 Å². The molecule has 1 heterocycles. The monoisotopic (exact) mass is 223 g/mol. The van der Waals surface area contributed by atoms with Gasteiger partial charge in [-0.3, -0.25) is 0 Å². The van der Waals surface area contributed by atoms with Gasteiger partial charge in [-0.2, -0.15) is 0 Å². The SMILES string of the molecule is Fc1cccc(F)c1-c1cc(=S)cc[nH]1. The fourth-order valence-corrected chi connectivity index (χ4v) is 1.53. The van der Waals surface area contributed by atoms with Crippen molar-refractivity contribution < 1.29 is 8.78 Å². The van der Waals surface area contributed by atoms with Gasteiger partial charge in [0.2, 0.25) is 0 Å². The first-order valence-corrected chi connectivity index (χ1v) is 4.72. The molecule has 4 heteroatoms. The number of benzene rings is 1. The zero-order chi connectivity index (χ0) is 10.8. The summed E-state index contributed by atoms with van der Waals surface area (Å²) in [5, 5.41) is 0. The van der Waals surface area contributed by atoms with E-state index < -0.39 is 11.6 Å². The van der Waals surface area contributed by atoms with Crippen LogP contribution in [0.3, 0.4) is 0 Å². The van der Waals surface area contributed by atoms with Crippen molar-refractivity contribution in [1.82, 2.24) is 4.98 Å². The average molecular weight is 223 g/mol. The van der Waals surface area contributed by atoms with Crippen molar-refractivity contribution in [3.05, 3.63) is 52.7 Å². The van der Waals surface area contributed by atoms with Crippen LogP contribution in [0.15, 0.2) is 36.5 Å². The van der Waals surface area contributed by atoms with Gasteiger partial charge < -0.3 is 4.98 Å². The molecular weight excluding hydrogens is 216 g/mol. The lowest BCUT2D eigenvalue weighted by atomic mass is 10.1. The highest BCUT2D eigenvalue weighted by molar-refractivity contribution is 7.71. The molecule has 1 nitrogen and oxygen atoms in total. The minimum absolute atomic E-state index is 0.0794. The molecule has 0 radical (unpaired) electrons. The van der Waals surface area contributed by atoms with Crippen LogP contribution in [0, 0.1) is 16.1 Å². The molecule has 0 saturated carbocycles. The number of halogens is 2. The van der Waals surface area contributed by atoms with Gasteiger partial charge in [-0.1, -0.05) is 18.3 Å². The van der Waals surface area contributed by atoms with E-state index in [4.69, 9.17) is 12.2 Å². The lowest BCUT2D eigenvalue weighted by Crippen LogP contribution is -1.91. The van der Waals surface area contributed by atoms with Crippen LogP contribution in [0.4, 0.5) is 8.78 Å². The minimum Gasteiger partial charge on any atom is -0.361 e. The number of aromatic amines is 1. The highest BCUT2D eigenvalue weighted by Crippen LogP contribution is 2.23. The first-order chi connectivity index (χ1) is 7.18. The van der Waals surface area contributed by atoms with Gasteiger partial charge in [0.1, 0.15) is 11.6 Å². The Balaban J connectivity index is 2.69. The highest BCUT2D eigenvalue weighted by atomic mass is 32.1. The van der Waals surface area contributed by atoms with E-state index >= 15 is 0 Å². The second-order valence-corrected chi connectivity index (χ2v) is 3.51. The fourth-order valence-electron chi connectivity index (χ4n) is 1.35. The van der Waals surface area contributed by atoms with Gasteiger partial charge in [0.25, 0.3) is 0 Å². The van der Waals surface area contributed by atoms with Gasteiger partial charge >= 0.3 is 0 Å². The van der Waals surface area contributed by atoms with Gasteiger partial charge in [0.15, 0.2) is 0 Å². The zero-order valence-electron chi connectivity index (χ0n) is 7.63. The summed E-state index contributed by atoms with van der Waals surface area (Å²) in [7, 11) is 0. The molecule has 0 aliphatic rings. The Morgan fingerprint density at radius 2 is 1.73 bits per heavy atom. The van der Waals surface area contributed by atoms with Gasteiger partial charge in [0, 0.05) is 10.7 Å². The second kappa shape index (κ2) is 3.90. The van der Waals surface area contributed by atoms with E-state index in [0.29, 0.717) is 10.2 Å². The van der Waals surface area contributed by atoms with Crippen molar-refractivity contribution in [2.24, 2.45) is 0 Å². The summed E-state index contributed by atoms with van der Waals surface area (Å²) >= 11 is 4.92. The van der Waals surface area contributed by atoms with E-state index in [0.717, 1.165) is 0 Å². The maximum atomic E-state index is 13.4. The molecule has 0 atom stereocenters. The van der Waals surface area contributed by atoms with E-state index in [1.807, 2.05) is 0 Å². The number of aromatic nitrogens is 1. The van der Waals surface area contributed by atoms with Crippen molar-refractivity contribution in [3.63, 3.8) is 0 Å². The number of pyridine rings is 1. The van der Waals surface area contributed by atoms with Crippen LogP contribution in [0.1, 0.15) is 0 Å². The quantitative estimate of drug-likeness (QED) is 0.729. The van der Waals surface area contributed by atoms with E-state index in [-0.39, 0.29) is 5.56 Å². The Bertz CT molecular complexity index is 528. The Labute approximate surface area is 90.4 Å². The van der Waals surface area contributed by atoms with E-state index in [2.05, 4.69) is 4.98 Å². The molecular formula is C11H7F2NS. The van der Waals surface area contributed by atoms with Crippen molar-refractivity contribution in [2.75, 3.05) is 0 Å². The predicted molar refractivity (Wildman–Crippen MR) is 57.0 cm³/mol. The van der Waals surface area contributed by atoms with Crippen LogP contribution in [0.25, 0.3) is 11.3 Å². The molecule has 1 aromatic heterocycles. The Hall–Kier alpha value is -1.55. The molecule has 2 rings (SSSR count). The molecule has 1 aromatic carbocycles. The lowest BCUT2D eigenvalue weighted by molar-refractivity contribution is 0.588. The summed E-state index contributed by atoms with van der Waals surface area (Å²) in [6.07, 6.45) is 1.56. The Morgan fingerprint density at radius 1 is 1.07 bits per heavy atom. The molecule has 1 N–H and O–H groups in total. The number of nitrogens with one attached hydrogen (secondary N) is 1. The van der Waals surface area contributed by atoms with E-state index in [1.54, 1.807) is 12.3 Å². The van der Waals surface area contributed by atoms with Gasteiger partial charge in [0.05, 0.1) is 11.3 Å². The first kappa shape index (κ1) is 9.98. The summed E-state index contributed by atoms with van der Waals surface area (Å²) in [6, 6.07) is 6.92. The van der Waals surface area contributed by atoms with Gasteiger partial charge in [-0.15, -0.1) is 0 Å². The Kier molecular flexibility index (Phi) is 2.60. The van der Waals surface area contributed by atoms with Crippen molar-refractivity contribution in [1.29, 1.82) is 0 Å². The number of hydrogen-bond donors (Lipinski definition) is 1. The topological polar surface area (TPSA) is 15.8 Å².